The third kappa shape index (κ3) is 7.19. The van der Waals surface area contributed by atoms with Crippen LogP contribution in [0.3, 0.4) is 0 Å². The normalized spacial score (nSPS) is 12.8. The van der Waals surface area contributed by atoms with Gasteiger partial charge in [-0.1, -0.05) is 13.8 Å². The lowest BCUT2D eigenvalue weighted by atomic mass is 10.2. The maximum Gasteiger partial charge on any atom is 0.422 e. The molecule has 0 spiro atoms. The first kappa shape index (κ1) is 24.0. The van der Waals surface area contributed by atoms with E-state index in [1.807, 2.05) is 4.72 Å². The summed E-state index contributed by atoms with van der Waals surface area (Å²) in [6.07, 6.45) is -9.48. The standard InChI is InChI=1S/C15H15F6N3O4S2/c1-8(2)12-22-13(29-23-12)24-30(25,26)11-5-9(27-6-14(16,17)18)3-4-10(11)28-7-15(19,20)21/h3-5,8H,6-7H2,1-2H3,(H,22,23,24). The van der Waals surface area contributed by atoms with E-state index in [1.54, 1.807) is 13.8 Å². The monoisotopic (exact) mass is 479 g/mol. The Kier molecular flexibility index (Phi) is 7.06. The lowest BCUT2D eigenvalue weighted by Gasteiger charge is -2.15. The van der Waals surface area contributed by atoms with Crippen LogP contribution >= 0.6 is 11.5 Å². The lowest BCUT2D eigenvalue weighted by Crippen LogP contribution is -2.22. The van der Waals surface area contributed by atoms with E-state index in [0.717, 1.165) is 12.1 Å². The molecule has 0 aliphatic carbocycles. The molecule has 0 bridgehead atoms. The Labute approximate surface area is 171 Å². The van der Waals surface area contributed by atoms with Crippen molar-refractivity contribution in [3.05, 3.63) is 24.0 Å². The van der Waals surface area contributed by atoms with Crippen molar-refractivity contribution in [3.63, 3.8) is 0 Å². The summed E-state index contributed by atoms with van der Waals surface area (Å²) in [6, 6.07) is 2.26. The molecule has 1 heterocycles. The number of ether oxygens (including phenoxy) is 2. The smallest absolute Gasteiger partial charge is 0.422 e. The topological polar surface area (TPSA) is 90.4 Å². The third-order valence-corrected chi connectivity index (χ3v) is 5.31. The van der Waals surface area contributed by atoms with Gasteiger partial charge in [0.05, 0.1) is 0 Å². The molecule has 0 amide bonds. The Bertz CT molecular complexity index is 973. The van der Waals surface area contributed by atoms with E-state index in [-0.39, 0.29) is 11.0 Å². The fourth-order valence-corrected chi connectivity index (χ4v) is 4.01. The van der Waals surface area contributed by atoms with Crippen LogP contribution in [-0.2, 0) is 10.0 Å². The van der Waals surface area contributed by atoms with Gasteiger partial charge in [0.1, 0.15) is 22.2 Å². The minimum atomic E-state index is -4.77. The molecule has 0 unspecified atom stereocenters. The lowest BCUT2D eigenvalue weighted by molar-refractivity contribution is -0.154. The highest BCUT2D eigenvalue weighted by Crippen LogP contribution is 2.32. The molecule has 0 saturated heterocycles. The van der Waals surface area contributed by atoms with Crippen LogP contribution in [0, 0.1) is 0 Å². The molecule has 1 aromatic heterocycles. The van der Waals surface area contributed by atoms with Gasteiger partial charge in [0.2, 0.25) is 5.13 Å². The number of halogens is 6. The summed E-state index contributed by atoms with van der Waals surface area (Å²) in [5.74, 6) is -1.06. The van der Waals surface area contributed by atoms with Crippen LogP contribution in [-0.4, -0.2) is 43.3 Å². The van der Waals surface area contributed by atoms with E-state index in [1.165, 1.54) is 0 Å². The number of nitrogens with one attached hydrogen (secondary N) is 1. The van der Waals surface area contributed by atoms with Crippen LogP contribution in [0.2, 0.25) is 0 Å². The number of aromatic nitrogens is 2. The summed E-state index contributed by atoms with van der Waals surface area (Å²) in [7, 11) is -4.60. The quantitative estimate of drug-likeness (QED) is 0.567. The average Bonchev–Trinajstić information content (AvgIpc) is 3.05. The zero-order valence-corrected chi connectivity index (χ0v) is 17.0. The maximum atomic E-state index is 12.7. The van der Waals surface area contributed by atoms with Gasteiger partial charge >= 0.3 is 12.4 Å². The first-order valence-corrected chi connectivity index (χ1v) is 10.3. The molecule has 0 aliphatic rings. The molecular formula is C15H15F6N3O4S2. The third-order valence-electron chi connectivity index (χ3n) is 3.18. The summed E-state index contributed by atoms with van der Waals surface area (Å²) in [5.41, 5.74) is 0. The molecular weight excluding hydrogens is 464 g/mol. The van der Waals surface area contributed by atoms with Gasteiger partial charge in [0.15, 0.2) is 13.2 Å². The molecule has 30 heavy (non-hydrogen) atoms. The Morgan fingerprint density at radius 2 is 1.67 bits per heavy atom. The molecule has 168 valence electrons. The van der Waals surface area contributed by atoms with Gasteiger partial charge < -0.3 is 9.47 Å². The second-order valence-electron chi connectivity index (χ2n) is 6.13. The summed E-state index contributed by atoms with van der Waals surface area (Å²) in [5, 5.41) is -0.179. The van der Waals surface area contributed by atoms with Crippen LogP contribution in [0.15, 0.2) is 23.1 Å². The number of sulfonamides is 1. The predicted molar refractivity (Wildman–Crippen MR) is 94.3 cm³/mol. The minimum absolute atomic E-state index is 0.121. The zero-order chi connectivity index (χ0) is 22.7. The first-order chi connectivity index (χ1) is 13.7. The van der Waals surface area contributed by atoms with Crippen molar-refractivity contribution in [1.29, 1.82) is 0 Å². The Hall–Kier alpha value is -2.29. The Morgan fingerprint density at radius 1 is 1.07 bits per heavy atom. The van der Waals surface area contributed by atoms with Crippen molar-refractivity contribution in [1.82, 2.24) is 9.36 Å². The van der Waals surface area contributed by atoms with Gasteiger partial charge in [0.25, 0.3) is 10.0 Å². The van der Waals surface area contributed by atoms with Gasteiger partial charge in [-0.15, -0.1) is 0 Å². The van der Waals surface area contributed by atoms with Crippen molar-refractivity contribution in [2.45, 2.75) is 37.0 Å². The average molecular weight is 479 g/mol. The van der Waals surface area contributed by atoms with E-state index in [0.29, 0.717) is 23.4 Å². The van der Waals surface area contributed by atoms with Crippen molar-refractivity contribution in [2.24, 2.45) is 0 Å². The number of nitrogens with zero attached hydrogens (tertiary/aromatic N) is 2. The van der Waals surface area contributed by atoms with Gasteiger partial charge in [0, 0.05) is 23.5 Å². The number of hydrogen-bond acceptors (Lipinski definition) is 7. The van der Waals surface area contributed by atoms with Crippen molar-refractivity contribution in [2.75, 3.05) is 17.9 Å². The minimum Gasteiger partial charge on any atom is -0.484 e. The predicted octanol–water partition coefficient (Wildman–Crippen LogP) is 4.34. The first-order valence-electron chi connectivity index (χ1n) is 8.06. The summed E-state index contributed by atoms with van der Waals surface area (Å²) in [6.45, 7) is -0.0266. The molecule has 7 nitrogen and oxygen atoms in total. The van der Waals surface area contributed by atoms with Gasteiger partial charge in [-0.2, -0.15) is 30.7 Å². The maximum absolute atomic E-state index is 12.7. The molecule has 1 N–H and O–H groups in total. The molecule has 2 aromatic rings. The van der Waals surface area contributed by atoms with E-state index in [9.17, 15) is 34.8 Å². The fourth-order valence-electron chi connectivity index (χ4n) is 1.91. The highest BCUT2D eigenvalue weighted by Gasteiger charge is 2.32. The molecule has 15 heteroatoms. The van der Waals surface area contributed by atoms with E-state index in [4.69, 9.17) is 0 Å². The van der Waals surface area contributed by atoms with Gasteiger partial charge in [-0.05, 0) is 12.1 Å². The number of benzene rings is 1. The highest BCUT2D eigenvalue weighted by atomic mass is 32.2. The summed E-state index contributed by atoms with van der Waals surface area (Å²) < 4.78 is 115. The molecule has 0 saturated carbocycles. The van der Waals surface area contributed by atoms with E-state index < -0.39 is 52.0 Å². The molecule has 2 rings (SSSR count). The van der Waals surface area contributed by atoms with Gasteiger partial charge in [-0.3, -0.25) is 4.72 Å². The number of alkyl halides is 6. The fraction of sp³-hybridized carbons (Fsp3) is 0.467. The SMILES string of the molecule is CC(C)c1nsc(NS(=O)(=O)c2cc(OCC(F)(F)F)ccc2OCC(F)(F)F)n1. The molecule has 0 aliphatic heterocycles. The van der Waals surface area contributed by atoms with Crippen LogP contribution in [0.25, 0.3) is 0 Å². The Balaban J connectivity index is 2.37. The number of rotatable bonds is 8. The van der Waals surface area contributed by atoms with Crippen molar-refractivity contribution >= 4 is 26.7 Å². The van der Waals surface area contributed by atoms with E-state index >= 15 is 0 Å². The van der Waals surface area contributed by atoms with E-state index in [2.05, 4.69) is 18.8 Å². The number of hydrogen-bond donors (Lipinski definition) is 1. The van der Waals surface area contributed by atoms with Crippen molar-refractivity contribution in [3.8, 4) is 11.5 Å². The second kappa shape index (κ2) is 8.83. The van der Waals surface area contributed by atoms with Gasteiger partial charge in [-0.25, -0.2) is 13.4 Å². The van der Waals surface area contributed by atoms with Crippen LogP contribution < -0.4 is 14.2 Å². The largest absolute Gasteiger partial charge is 0.484 e. The van der Waals surface area contributed by atoms with Crippen LogP contribution in [0.4, 0.5) is 31.5 Å². The Morgan fingerprint density at radius 3 is 2.20 bits per heavy atom. The molecule has 1 aromatic carbocycles. The highest BCUT2D eigenvalue weighted by molar-refractivity contribution is 7.93. The number of anilines is 1. The second-order valence-corrected chi connectivity index (χ2v) is 8.54. The molecule has 0 fully saturated rings. The van der Waals surface area contributed by atoms with Crippen LogP contribution in [0.1, 0.15) is 25.6 Å². The summed E-state index contributed by atoms with van der Waals surface area (Å²) in [4.78, 5) is 3.09. The molecule has 0 atom stereocenters. The van der Waals surface area contributed by atoms with Crippen molar-refractivity contribution < 1.29 is 44.2 Å². The zero-order valence-electron chi connectivity index (χ0n) is 15.3. The summed E-state index contributed by atoms with van der Waals surface area (Å²) >= 11 is 0.688. The molecule has 0 radical (unpaired) electrons. The van der Waals surface area contributed by atoms with Crippen LogP contribution in [0.5, 0.6) is 11.5 Å².